The average Bonchev–Trinajstić information content (AvgIpc) is 2.63. The summed E-state index contributed by atoms with van der Waals surface area (Å²) in [7, 11) is 1.88. The van der Waals surface area contributed by atoms with E-state index in [9.17, 15) is 4.79 Å². The van der Waals surface area contributed by atoms with Gasteiger partial charge in [0, 0.05) is 18.0 Å². The third-order valence-electron chi connectivity index (χ3n) is 2.45. The van der Waals surface area contributed by atoms with Crippen molar-refractivity contribution >= 4 is 12.0 Å². The van der Waals surface area contributed by atoms with Gasteiger partial charge in [-0.2, -0.15) is 0 Å². The minimum absolute atomic E-state index is 0.174. The van der Waals surface area contributed by atoms with Crippen LogP contribution in [0.1, 0.15) is 40.3 Å². The molecule has 0 aromatic carbocycles. The van der Waals surface area contributed by atoms with E-state index in [-0.39, 0.29) is 11.3 Å². The van der Waals surface area contributed by atoms with Crippen LogP contribution in [-0.2, 0) is 10.2 Å². The Morgan fingerprint density at radius 3 is 2.53 bits per heavy atom. The maximum Gasteiger partial charge on any atom is 0.414 e. The summed E-state index contributed by atoms with van der Waals surface area (Å²) in [6, 6.07) is 1.71. The predicted molar refractivity (Wildman–Crippen MR) is 73.3 cm³/mol. The maximum atomic E-state index is 11.6. The zero-order valence-corrected chi connectivity index (χ0v) is 12.5. The summed E-state index contributed by atoms with van der Waals surface area (Å²) < 4.78 is 10.2. The molecule has 108 valence electrons. The zero-order chi connectivity index (χ0) is 14.7. The van der Waals surface area contributed by atoms with Crippen LogP contribution in [0.3, 0.4) is 0 Å². The lowest BCUT2D eigenvalue weighted by Gasteiger charge is -2.20. The first kappa shape index (κ1) is 15.5. The molecule has 0 aliphatic rings. The number of carbonyl (C=O) groups excluding carboxylic acids is 1. The van der Waals surface area contributed by atoms with Crippen molar-refractivity contribution in [3.63, 3.8) is 0 Å². The van der Waals surface area contributed by atoms with Gasteiger partial charge in [0.2, 0.25) is 5.88 Å². The molecule has 6 nitrogen and oxygen atoms in total. The van der Waals surface area contributed by atoms with Crippen molar-refractivity contribution in [2.24, 2.45) is 0 Å². The fraction of sp³-hybridized carbons (Fsp3) is 0.692. The minimum Gasteiger partial charge on any atom is -0.444 e. The smallest absolute Gasteiger partial charge is 0.414 e. The Morgan fingerprint density at radius 1 is 1.37 bits per heavy atom. The van der Waals surface area contributed by atoms with E-state index in [2.05, 4.69) is 15.8 Å². The van der Waals surface area contributed by atoms with Crippen molar-refractivity contribution in [2.45, 2.75) is 45.6 Å². The lowest BCUT2D eigenvalue weighted by Crippen LogP contribution is -2.31. The normalized spacial score (nSPS) is 12.3. The molecule has 1 aromatic heterocycles. The Balaban J connectivity index is 2.68. The van der Waals surface area contributed by atoms with Crippen LogP contribution in [0.5, 0.6) is 0 Å². The first-order chi connectivity index (χ1) is 8.64. The molecule has 19 heavy (non-hydrogen) atoms. The molecule has 0 fully saturated rings. The van der Waals surface area contributed by atoms with E-state index in [0.717, 1.165) is 12.2 Å². The average molecular weight is 269 g/mol. The van der Waals surface area contributed by atoms with E-state index in [1.54, 1.807) is 26.8 Å². The first-order valence-electron chi connectivity index (χ1n) is 6.26. The second-order valence-corrected chi connectivity index (χ2v) is 6.12. The Hall–Kier alpha value is -1.56. The van der Waals surface area contributed by atoms with Crippen molar-refractivity contribution in [3.8, 4) is 0 Å². The van der Waals surface area contributed by atoms with Gasteiger partial charge in [0.1, 0.15) is 5.60 Å². The summed E-state index contributed by atoms with van der Waals surface area (Å²) in [5, 5.41) is 9.59. The number of nitrogens with zero attached hydrogens (tertiary/aromatic N) is 1. The van der Waals surface area contributed by atoms with Crippen LogP contribution < -0.4 is 10.6 Å². The van der Waals surface area contributed by atoms with E-state index in [1.807, 2.05) is 20.9 Å². The topological polar surface area (TPSA) is 76.4 Å². The summed E-state index contributed by atoms with van der Waals surface area (Å²) in [6.45, 7) is 10.2. The molecule has 0 saturated heterocycles. The Bertz CT molecular complexity index is 433. The summed E-state index contributed by atoms with van der Waals surface area (Å²) >= 11 is 0. The van der Waals surface area contributed by atoms with Gasteiger partial charge in [0.15, 0.2) is 0 Å². The fourth-order valence-electron chi connectivity index (χ4n) is 1.59. The van der Waals surface area contributed by atoms with Crippen LogP contribution >= 0.6 is 0 Å². The zero-order valence-electron chi connectivity index (χ0n) is 12.5. The van der Waals surface area contributed by atoms with Crippen LogP contribution in [0.4, 0.5) is 10.7 Å². The number of hydrogen-bond acceptors (Lipinski definition) is 5. The molecule has 1 aromatic rings. The summed E-state index contributed by atoms with van der Waals surface area (Å²) in [5.74, 6) is 0.286. The molecular formula is C13H23N3O3. The van der Waals surface area contributed by atoms with E-state index in [4.69, 9.17) is 9.26 Å². The molecule has 0 atom stereocenters. The lowest BCUT2D eigenvalue weighted by molar-refractivity contribution is 0.0631. The number of carbonyl (C=O) groups is 1. The van der Waals surface area contributed by atoms with Crippen molar-refractivity contribution < 1.29 is 14.1 Å². The van der Waals surface area contributed by atoms with E-state index in [1.165, 1.54) is 0 Å². The Labute approximate surface area is 113 Å². The number of aromatic nitrogens is 1. The van der Waals surface area contributed by atoms with Crippen LogP contribution in [0.2, 0.25) is 0 Å². The largest absolute Gasteiger partial charge is 0.444 e. The quantitative estimate of drug-likeness (QED) is 0.878. The van der Waals surface area contributed by atoms with E-state index in [0.29, 0.717) is 0 Å². The third kappa shape index (κ3) is 4.90. The van der Waals surface area contributed by atoms with Gasteiger partial charge in [0.05, 0.1) is 5.69 Å². The van der Waals surface area contributed by atoms with Gasteiger partial charge in [-0.05, 0) is 27.8 Å². The molecule has 0 saturated carbocycles. The van der Waals surface area contributed by atoms with Crippen LogP contribution in [-0.4, -0.2) is 30.4 Å². The monoisotopic (exact) mass is 269 g/mol. The molecule has 0 radical (unpaired) electrons. The highest BCUT2D eigenvalue weighted by atomic mass is 16.6. The van der Waals surface area contributed by atoms with Gasteiger partial charge in [-0.3, -0.25) is 5.32 Å². The highest BCUT2D eigenvalue weighted by Gasteiger charge is 2.25. The molecule has 0 aliphatic heterocycles. The number of hydrogen-bond donors (Lipinski definition) is 2. The summed E-state index contributed by atoms with van der Waals surface area (Å²) in [6.07, 6.45) is -0.554. The number of nitrogens with one attached hydrogen (secondary N) is 2. The summed E-state index contributed by atoms with van der Waals surface area (Å²) in [5.41, 5.74) is 0.0534. The molecule has 0 spiro atoms. The number of likely N-dealkylation sites (N-methyl/N-ethyl adjacent to an activating group) is 1. The fourth-order valence-corrected chi connectivity index (χ4v) is 1.59. The van der Waals surface area contributed by atoms with E-state index < -0.39 is 11.7 Å². The molecule has 1 heterocycles. The van der Waals surface area contributed by atoms with Crippen molar-refractivity contribution in [3.05, 3.63) is 11.8 Å². The van der Waals surface area contributed by atoms with Gasteiger partial charge in [-0.25, -0.2) is 4.79 Å². The molecule has 6 heteroatoms. The second-order valence-electron chi connectivity index (χ2n) is 6.12. The van der Waals surface area contributed by atoms with Gasteiger partial charge in [-0.1, -0.05) is 19.0 Å². The van der Waals surface area contributed by atoms with Gasteiger partial charge < -0.3 is 14.6 Å². The predicted octanol–water partition coefficient (Wildman–Crippen LogP) is 2.52. The lowest BCUT2D eigenvalue weighted by atomic mass is 9.89. The Kier molecular flexibility index (Phi) is 4.57. The van der Waals surface area contributed by atoms with Crippen molar-refractivity contribution in [2.75, 3.05) is 18.9 Å². The van der Waals surface area contributed by atoms with Gasteiger partial charge in [-0.15, -0.1) is 0 Å². The third-order valence-corrected chi connectivity index (χ3v) is 2.45. The summed E-state index contributed by atoms with van der Waals surface area (Å²) in [4.78, 5) is 11.6. The van der Waals surface area contributed by atoms with Crippen molar-refractivity contribution in [1.29, 1.82) is 0 Å². The molecule has 1 rings (SSSR count). The minimum atomic E-state index is -0.554. The number of anilines is 1. The molecule has 0 aliphatic carbocycles. The van der Waals surface area contributed by atoms with Crippen LogP contribution in [0, 0.1) is 0 Å². The molecular weight excluding hydrogens is 246 g/mol. The van der Waals surface area contributed by atoms with Gasteiger partial charge in [0.25, 0.3) is 0 Å². The highest BCUT2D eigenvalue weighted by Crippen LogP contribution is 2.24. The molecule has 1 amide bonds. The maximum absolute atomic E-state index is 11.6. The first-order valence-corrected chi connectivity index (χ1v) is 6.26. The van der Waals surface area contributed by atoms with E-state index >= 15 is 0 Å². The van der Waals surface area contributed by atoms with Crippen LogP contribution in [0.25, 0.3) is 0 Å². The van der Waals surface area contributed by atoms with Gasteiger partial charge >= 0.3 is 6.09 Å². The molecule has 0 unspecified atom stereocenters. The SMILES string of the molecule is CNCC(C)(C)c1cc(NC(=O)OC(C)(C)C)on1. The molecule has 0 bridgehead atoms. The Morgan fingerprint density at radius 2 is 2.00 bits per heavy atom. The number of amides is 1. The standard InChI is InChI=1S/C13H23N3O3/c1-12(2,3)18-11(17)15-10-7-9(16-19-10)13(4,5)8-14-6/h7,14H,8H2,1-6H3,(H,15,17). The van der Waals surface area contributed by atoms with Crippen molar-refractivity contribution in [1.82, 2.24) is 10.5 Å². The van der Waals surface area contributed by atoms with Crippen LogP contribution in [0.15, 0.2) is 10.6 Å². The second kappa shape index (κ2) is 5.61. The number of ether oxygens (including phenoxy) is 1. The molecule has 2 N–H and O–H groups in total. The highest BCUT2D eigenvalue weighted by molar-refractivity contribution is 5.83. The number of rotatable bonds is 4.